The maximum Gasteiger partial charge on any atom is 0.227 e. The Hall–Kier alpha value is -0.950. The molecule has 4 heteroatoms. The molecule has 1 rings (SSSR count). The highest BCUT2D eigenvalue weighted by Crippen LogP contribution is 2.13. The summed E-state index contributed by atoms with van der Waals surface area (Å²) < 4.78 is 12.6. The maximum absolute atomic E-state index is 12.4. The third-order valence-electron chi connectivity index (χ3n) is 0.925. The summed E-state index contributed by atoms with van der Waals surface area (Å²) in [6.45, 7) is 0. The molecule has 0 bridgehead atoms. The van der Waals surface area contributed by atoms with Crippen molar-refractivity contribution in [3.63, 3.8) is 0 Å². The van der Waals surface area contributed by atoms with Gasteiger partial charge in [0.2, 0.25) is 5.95 Å². The Balaban J connectivity index is 3.20. The molecule has 1 heterocycles. The summed E-state index contributed by atoms with van der Waals surface area (Å²) in [5, 5.41) is 8.32. The minimum absolute atomic E-state index is 0.214. The second-order valence-corrected chi connectivity index (χ2v) is 2.46. The number of hydrogen-bond acceptors (Lipinski definition) is 2. The monoisotopic (exact) mass is 200 g/mol. The summed E-state index contributed by atoms with van der Waals surface area (Å²) in [5.74, 6) is -0.598. The van der Waals surface area contributed by atoms with Gasteiger partial charge in [-0.15, -0.1) is 0 Å². The van der Waals surface area contributed by atoms with Crippen LogP contribution in [0.4, 0.5) is 4.39 Å². The minimum Gasteiger partial charge on any atom is -0.226 e. The number of nitrogens with zero attached hydrogens (tertiary/aromatic N) is 2. The smallest absolute Gasteiger partial charge is 0.226 e. The summed E-state index contributed by atoms with van der Waals surface area (Å²) in [6.07, 6.45) is 1.18. The molecule has 0 aliphatic rings. The first-order valence-electron chi connectivity index (χ1n) is 2.45. The molecular weight excluding hydrogens is 199 g/mol. The van der Waals surface area contributed by atoms with Crippen molar-refractivity contribution in [3.05, 3.63) is 28.2 Å². The van der Waals surface area contributed by atoms with E-state index in [1.165, 1.54) is 12.3 Å². The zero-order valence-electron chi connectivity index (χ0n) is 4.81. The predicted molar refractivity (Wildman–Crippen MR) is 36.6 cm³/mol. The van der Waals surface area contributed by atoms with Gasteiger partial charge in [0.1, 0.15) is 6.07 Å². The quantitative estimate of drug-likeness (QED) is 0.600. The first-order chi connectivity index (χ1) is 4.74. The fourth-order valence-corrected chi connectivity index (χ4v) is 0.831. The van der Waals surface area contributed by atoms with Crippen LogP contribution in [0.2, 0.25) is 0 Å². The lowest BCUT2D eigenvalue weighted by atomic mass is 10.3. The van der Waals surface area contributed by atoms with E-state index in [1.54, 1.807) is 0 Å². The average Bonchev–Trinajstić information content (AvgIpc) is 1.95. The van der Waals surface area contributed by atoms with Crippen LogP contribution in [0, 0.1) is 17.3 Å². The highest BCUT2D eigenvalue weighted by Gasteiger charge is 1.99. The molecule has 1 aromatic heterocycles. The largest absolute Gasteiger partial charge is 0.227 e. The Kier molecular flexibility index (Phi) is 1.97. The van der Waals surface area contributed by atoms with Crippen molar-refractivity contribution in [2.45, 2.75) is 0 Å². The zero-order chi connectivity index (χ0) is 7.56. The van der Waals surface area contributed by atoms with E-state index in [0.717, 1.165) is 0 Å². The van der Waals surface area contributed by atoms with Gasteiger partial charge in [-0.3, -0.25) is 0 Å². The molecule has 0 aromatic carbocycles. The van der Waals surface area contributed by atoms with Gasteiger partial charge in [-0.2, -0.15) is 9.65 Å². The van der Waals surface area contributed by atoms with Crippen molar-refractivity contribution in [3.8, 4) is 6.07 Å². The van der Waals surface area contributed by atoms with Crippen molar-refractivity contribution in [2.24, 2.45) is 0 Å². The van der Waals surface area contributed by atoms with Gasteiger partial charge in [0.05, 0.1) is 10.0 Å². The molecule has 0 aliphatic carbocycles. The average molecular weight is 201 g/mol. The molecule has 0 spiro atoms. The number of halogens is 2. The molecule has 2 nitrogen and oxygen atoms in total. The number of pyridine rings is 1. The second kappa shape index (κ2) is 2.76. The van der Waals surface area contributed by atoms with Crippen LogP contribution in [0.3, 0.4) is 0 Å². The topological polar surface area (TPSA) is 36.7 Å². The van der Waals surface area contributed by atoms with E-state index >= 15 is 0 Å². The van der Waals surface area contributed by atoms with Gasteiger partial charge in [0, 0.05) is 6.20 Å². The van der Waals surface area contributed by atoms with Crippen LogP contribution in [0.5, 0.6) is 0 Å². The van der Waals surface area contributed by atoms with Crippen LogP contribution in [0.1, 0.15) is 5.56 Å². The number of aromatic nitrogens is 1. The Morgan fingerprint density at radius 2 is 2.40 bits per heavy atom. The molecule has 0 atom stereocenters. The molecule has 0 saturated carbocycles. The minimum atomic E-state index is -0.598. The Bertz CT molecular complexity index is 292. The van der Waals surface area contributed by atoms with Gasteiger partial charge in [0.15, 0.2) is 0 Å². The molecule has 0 aliphatic heterocycles. The number of rotatable bonds is 0. The predicted octanol–water partition coefficient (Wildman–Crippen LogP) is 1.85. The summed E-state index contributed by atoms with van der Waals surface area (Å²) in [4.78, 5) is 3.31. The fourth-order valence-electron chi connectivity index (χ4n) is 0.482. The van der Waals surface area contributed by atoms with Gasteiger partial charge in [-0.1, -0.05) is 0 Å². The molecule has 0 amide bonds. The van der Waals surface area contributed by atoms with Crippen molar-refractivity contribution < 1.29 is 4.39 Å². The highest BCUT2D eigenvalue weighted by molar-refractivity contribution is 9.10. The lowest BCUT2D eigenvalue weighted by molar-refractivity contribution is 0.576. The first kappa shape index (κ1) is 7.16. The van der Waals surface area contributed by atoms with E-state index in [2.05, 4.69) is 20.9 Å². The molecule has 0 fully saturated rings. The lowest BCUT2D eigenvalue weighted by Crippen LogP contribution is -1.84. The van der Waals surface area contributed by atoms with Crippen molar-refractivity contribution in [1.29, 1.82) is 5.26 Å². The SMILES string of the molecule is N#Cc1cnc(F)c(Br)c1. The van der Waals surface area contributed by atoms with Crippen molar-refractivity contribution in [1.82, 2.24) is 4.98 Å². The normalized spacial score (nSPS) is 8.90. The van der Waals surface area contributed by atoms with Crippen LogP contribution < -0.4 is 0 Å². The molecule has 1 aromatic rings. The van der Waals surface area contributed by atoms with Crippen LogP contribution in [0.25, 0.3) is 0 Å². The second-order valence-electron chi connectivity index (χ2n) is 1.61. The third-order valence-corrected chi connectivity index (χ3v) is 1.48. The Labute approximate surface area is 65.4 Å². The molecule has 0 saturated heterocycles. The van der Waals surface area contributed by atoms with Crippen LogP contribution in [-0.4, -0.2) is 4.98 Å². The van der Waals surface area contributed by atoms with Gasteiger partial charge >= 0.3 is 0 Å². The molecule has 0 unspecified atom stereocenters. The Morgan fingerprint density at radius 1 is 1.70 bits per heavy atom. The molecular formula is C6H2BrFN2. The maximum atomic E-state index is 12.4. The number of hydrogen-bond donors (Lipinski definition) is 0. The third kappa shape index (κ3) is 1.31. The van der Waals surface area contributed by atoms with Gasteiger partial charge < -0.3 is 0 Å². The van der Waals surface area contributed by atoms with Crippen molar-refractivity contribution >= 4 is 15.9 Å². The van der Waals surface area contributed by atoms with E-state index in [1.807, 2.05) is 6.07 Å². The zero-order valence-corrected chi connectivity index (χ0v) is 6.39. The molecule has 10 heavy (non-hydrogen) atoms. The standard InChI is InChI=1S/C6H2BrFN2/c7-5-1-4(2-9)3-10-6(5)8/h1,3H. The summed E-state index contributed by atoms with van der Waals surface area (Å²) in [7, 11) is 0. The van der Waals surface area contributed by atoms with Crippen LogP contribution in [-0.2, 0) is 0 Å². The van der Waals surface area contributed by atoms with E-state index in [9.17, 15) is 4.39 Å². The van der Waals surface area contributed by atoms with Gasteiger partial charge in [-0.25, -0.2) is 4.98 Å². The summed E-state index contributed by atoms with van der Waals surface area (Å²) in [5.41, 5.74) is 0.341. The van der Waals surface area contributed by atoms with Crippen LogP contribution in [0.15, 0.2) is 16.7 Å². The van der Waals surface area contributed by atoms with Crippen LogP contribution >= 0.6 is 15.9 Å². The fraction of sp³-hybridized carbons (Fsp3) is 0. The molecule has 0 N–H and O–H groups in total. The lowest BCUT2D eigenvalue weighted by Gasteiger charge is -1.90. The van der Waals surface area contributed by atoms with Gasteiger partial charge in [-0.05, 0) is 22.0 Å². The van der Waals surface area contributed by atoms with Gasteiger partial charge in [0.25, 0.3) is 0 Å². The van der Waals surface area contributed by atoms with E-state index in [4.69, 9.17) is 5.26 Å². The van der Waals surface area contributed by atoms with E-state index in [-0.39, 0.29) is 4.47 Å². The first-order valence-corrected chi connectivity index (χ1v) is 3.24. The van der Waals surface area contributed by atoms with E-state index < -0.39 is 5.95 Å². The molecule has 50 valence electrons. The summed E-state index contributed by atoms with van der Waals surface area (Å²) in [6, 6.07) is 3.21. The summed E-state index contributed by atoms with van der Waals surface area (Å²) >= 11 is 2.90. The molecule has 0 radical (unpaired) electrons. The van der Waals surface area contributed by atoms with E-state index in [0.29, 0.717) is 5.56 Å². The highest BCUT2D eigenvalue weighted by atomic mass is 79.9. The number of nitriles is 1. The van der Waals surface area contributed by atoms with Crippen molar-refractivity contribution in [2.75, 3.05) is 0 Å². The Morgan fingerprint density at radius 3 is 2.90 bits per heavy atom.